The van der Waals surface area contributed by atoms with Crippen LogP contribution in [0, 0.1) is 0 Å². The maximum atomic E-state index is 12.0. The molecule has 0 unspecified atom stereocenters. The van der Waals surface area contributed by atoms with Gasteiger partial charge < -0.3 is 0 Å². The molecule has 2 rings (SSSR count). The maximum Gasteiger partial charge on any atom is 0.261 e. The monoisotopic (exact) mass is 329 g/mol. The Morgan fingerprint density at radius 3 is 2.56 bits per heavy atom. The molecule has 18 heavy (non-hydrogen) atoms. The molecule has 0 radical (unpaired) electrons. The number of nitrogens with one attached hydrogen (secondary N) is 1. The first-order valence-electron chi connectivity index (χ1n) is 5.32. The molecule has 1 heterocycles. The SMILES string of the molecule is CCn1cc(NS(=O)(=O)c2ccc(Br)cc2)cn1. The van der Waals surface area contributed by atoms with Crippen LogP contribution in [0.3, 0.4) is 0 Å². The predicted molar refractivity (Wildman–Crippen MR) is 72.9 cm³/mol. The molecule has 0 fully saturated rings. The summed E-state index contributed by atoms with van der Waals surface area (Å²) in [5.74, 6) is 0. The van der Waals surface area contributed by atoms with Gasteiger partial charge in [-0.1, -0.05) is 15.9 Å². The van der Waals surface area contributed by atoms with Crippen LogP contribution in [0.15, 0.2) is 46.0 Å². The third-order valence-corrected chi connectivity index (χ3v) is 4.26. The van der Waals surface area contributed by atoms with Crippen LogP contribution < -0.4 is 4.72 Å². The number of halogens is 1. The first-order chi connectivity index (χ1) is 8.51. The zero-order valence-corrected chi connectivity index (χ0v) is 12.1. The Kier molecular flexibility index (Phi) is 3.72. The summed E-state index contributed by atoms with van der Waals surface area (Å²) < 4.78 is 29.1. The van der Waals surface area contributed by atoms with Gasteiger partial charge in [0, 0.05) is 17.2 Å². The largest absolute Gasteiger partial charge is 0.276 e. The molecular weight excluding hydrogens is 318 g/mol. The zero-order chi connectivity index (χ0) is 13.2. The van der Waals surface area contributed by atoms with Gasteiger partial charge in [-0.2, -0.15) is 5.10 Å². The summed E-state index contributed by atoms with van der Waals surface area (Å²) in [5.41, 5.74) is 0.458. The molecule has 0 aliphatic rings. The van der Waals surface area contributed by atoms with E-state index in [4.69, 9.17) is 0 Å². The van der Waals surface area contributed by atoms with Crippen molar-refractivity contribution in [3.05, 3.63) is 41.1 Å². The second-order valence-electron chi connectivity index (χ2n) is 3.64. The third-order valence-electron chi connectivity index (χ3n) is 2.33. The van der Waals surface area contributed by atoms with Crippen molar-refractivity contribution in [1.29, 1.82) is 0 Å². The molecule has 0 bridgehead atoms. The van der Waals surface area contributed by atoms with Crippen LogP contribution >= 0.6 is 15.9 Å². The standard InChI is InChI=1S/C11H12BrN3O2S/c1-2-15-8-10(7-13-15)14-18(16,17)11-5-3-9(12)4-6-11/h3-8,14H,2H2,1H3. The number of rotatable bonds is 4. The van der Waals surface area contributed by atoms with Gasteiger partial charge in [-0.25, -0.2) is 8.42 Å². The number of nitrogens with zero attached hydrogens (tertiary/aromatic N) is 2. The molecule has 1 aromatic heterocycles. The second-order valence-corrected chi connectivity index (χ2v) is 6.24. The molecule has 0 atom stereocenters. The van der Waals surface area contributed by atoms with E-state index >= 15 is 0 Å². The van der Waals surface area contributed by atoms with Crippen molar-refractivity contribution < 1.29 is 8.42 Å². The summed E-state index contributed by atoms with van der Waals surface area (Å²) in [6, 6.07) is 6.45. The molecule has 0 saturated heterocycles. The van der Waals surface area contributed by atoms with Crippen molar-refractivity contribution in [3.63, 3.8) is 0 Å². The molecule has 0 aliphatic carbocycles. The molecule has 5 nitrogen and oxygen atoms in total. The summed E-state index contributed by atoms with van der Waals surface area (Å²) in [6.07, 6.45) is 3.14. The Morgan fingerprint density at radius 1 is 1.33 bits per heavy atom. The molecule has 0 amide bonds. The fourth-order valence-corrected chi connectivity index (χ4v) is 2.71. The van der Waals surface area contributed by atoms with E-state index in [-0.39, 0.29) is 4.90 Å². The molecule has 0 spiro atoms. The summed E-state index contributed by atoms with van der Waals surface area (Å²) in [4.78, 5) is 0.218. The van der Waals surface area contributed by atoms with Gasteiger partial charge >= 0.3 is 0 Å². The molecule has 0 saturated carbocycles. The Labute approximate surface area is 114 Å². The van der Waals surface area contributed by atoms with E-state index < -0.39 is 10.0 Å². The van der Waals surface area contributed by atoms with Gasteiger partial charge in [-0.3, -0.25) is 9.40 Å². The number of aromatic nitrogens is 2. The Morgan fingerprint density at radius 2 is 2.00 bits per heavy atom. The van der Waals surface area contributed by atoms with E-state index in [2.05, 4.69) is 25.8 Å². The summed E-state index contributed by atoms with van der Waals surface area (Å²) >= 11 is 3.26. The van der Waals surface area contributed by atoms with E-state index in [9.17, 15) is 8.42 Å². The minimum Gasteiger partial charge on any atom is -0.276 e. The lowest BCUT2D eigenvalue weighted by Crippen LogP contribution is -2.12. The predicted octanol–water partition coefficient (Wildman–Crippen LogP) is 2.47. The zero-order valence-electron chi connectivity index (χ0n) is 9.67. The molecule has 96 valence electrons. The highest BCUT2D eigenvalue weighted by atomic mass is 79.9. The fraction of sp³-hybridized carbons (Fsp3) is 0.182. The lowest BCUT2D eigenvalue weighted by molar-refractivity contribution is 0.601. The Hall–Kier alpha value is -1.34. The van der Waals surface area contributed by atoms with E-state index in [1.54, 1.807) is 23.0 Å². The quantitative estimate of drug-likeness (QED) is 0.937. The van der Waals surface area contributed by atoms with Crippen LogP contribution in [0.2, 0.25) is 0 Å². The number of sulfonamides is 1. The van der Waals surface area contributed by atoms with Gasteiger partial charge in [0.2, 0.25) is 0 Å². The molecule has 7 heteroatoms. The van der Waals surface area contributed by atoms with Crippen LogP contribution in [-0.4, -0.2) is 18.2 Å². The molecule has 1 aromatic carbocycles. The highest BCUT2D eigenvalue weighted by Gasteiger charge is 2.14. The molecule has 0 aliphatic heterocycles. The van der Waals surface area contributed by atoms with Gasteiger partial charge in [0.25, 0.3) is 10.0 Å². The third kappa shape index (κ3) is 2.91. The van der Waals surface area contributed by atoms with E-state index in [0.717, 1.165) is 4.47 Å². The second kappa shape index (κ2) is 5.11. The number of benzene rings is 1. The Balaban J connectivity index is 2.24. The number of hydrogen-bond acceptors (Lipinski definition) is 3. The lowest BCUT2D eigenvalue weighted by Gasteiger charge is -2.05. The summed E-state index contributed by atoms with van der Waals surface area (Å²) in [6.45, 7) is 2.63. The van der Waals surface area contributed by atoms with Gasteiger partial charge in [0.15, 0.2) is 0 Å². The van der Waals surface area contributed by atoms with E-state index in [1.807, 2.05) is 6.92 Å². The van der Waals surface area contributed by atoms with Crippen molar-refractivity contribution in [2.24, 2.45) is 0 Å². The highest BCUT2D eigenvalue weighted by molar-refractivity contribution is 9.10. The van der Waals surface area contributed by atoms with Crippen molar-refractivity contribution in [3.8, 4) is 0 Å². The van der Waals surface area contributed by atoms with Gasteiger partial charge in [0.05, 0.1) is 16.8 Å². The minimum atomic E-state index is -3.55. The van der Waals surface area contributed by atoms with E-state index in [1.165, 1.54) is 18.3 Å². The average Bonchev–Trinajstić information content (AvgIpc) is 2.76. The normalized spacial score (nSPS) is 11.4. The highest BCUT2D eigenvalue weighted by Crippen LogP contribution is 2.18. The topological polar surface area (TPSA) is 64.0 Å². The van der Waals surface area contributed by atoms with Crippen LogP contribution in [0.4, 0.5) is 5.69 Å². The fourth-order valence-electron chi connectivity index (χ4n) is 1.42. The first-order valence-corrected chi connectivity index (χ1v) is 7.60. The van der Waals surface area contributed by atoms with Crippen LogP contribution in [-0.2, 0) is 16.6 Å². The van der Waals surface area contributed by atoms with Crippen molar-refractivity contribution >= 4 is 31.6 Å². The maximum absolute atomic E-state index is 12.0. The lowest BCUT2D eigenvalue weighted by atomic mass is 10.4. The summed E-state index contributed by atoms with van der Waals surface area (Å²) in [5, 5.41) is 4.01. The number of hydrogen-bond donors (Lipinski definition) is 1. The first kappa shape index (κ1) is 13.1. The van der Waals surface area contributed by atoms with Crippen LogP contribution in [0.25, 0.3) is 0 Å². The van der Waals surface area contributed by atoms with Gasteiger partial charge in [0.1, 0.15) is 0 Å². The van der Waals surface area contributed by atoms with Gasteiger partial charge in [-0.15, -0.1) is 0 Å². The number of anilines is 1. The molecule has 1 N–H and O–H groups in total. The Bertz CT molecular complexity index is 635. The summed E-state index contributed by atoms with van der Waals surface area (Å²) in [7, 11) is -3.55. The van der Waals surface area contributed by atoms with E-state index in [0.29, 0.717) is 12.2 Å². The number of aryl methyl sites for hydroxylation is 1. The smallest absolute Gasteiger partial charge is 0.261 e. The van der Waals surface area contributed by atoms with Crippen LogP contribution in [0.1, 0.15) is 6.92 Å². The molecular formula is C11H12BrN3O2S. The van der Waals surface area contributed by atoms with Crippen LogP contribution in [0.5, 0.6) is 0 Å². The van der Waals surface area contributed by atoms with Crippen molar-refractivity contribution in [2.75, 3.05) is 4.72 Å². The average molecular weight is 330 g/mol. The van der Waals surface area contributed by atoms with Crippen molar-refractivity contribution in [2.45, 2.75) is 18.4 Å². The van der Waals surface area contributed by atoms with Crippen molar-refractivity contribution in [1.82, 2.24) is 9.78 Å². The molecule has 2 aromatic rings. The van der Waals surface area contributed by atoms with Gasteiger partial charge in [-0.05, 0) is 31.2 Å². The minimum absolute atomic E-state index is 0.218.